The second-order valence-electron chi connectivity index (χ2n) is 6.82. The largest absolute Gasteiger partial charge is 0.497 e. The quantitative estimate of drug-likeness (QED) is 0.418. The summed E-state index contributed by atoms with van der Waals surface area (Å²) in [7, 11) is -1.05. The molecular weight excluding hydrogens is 446 g/mol. The summed E-state index contributed by atoms with van der Waals surface area (Å²) in [5.74, 6) is 2.78. The van der Waals surface area contributed by atoms with Crippen molar-refractivity contribution in [2.24, 2.45) is 0 Å². The molecule has 0 radical (unpaired) electrons. The molecule has 0 aliphatic heterocycles. The Morgan fingerprint density at radius 1 is 0.909 bits per heavy atom. The van der Waals surface area contributed by atoms with Crippen molar-refractivity contribution in [1.82, 2.24) is 19.7 Å². The van der Waals surface area contributed by atoms with Gasteiger partial charge in [-0.25, -0.2) is 13.4 Å². The van der Waals surface area contributed by atoms with E-state index >= 15 is 0 Å². The summed E-state index contributed by atoms with van der Waals surface area (Å²) >= 11 is 0. The van der Waals surface area contributed by atoms with Crippen molar-refractivity contribution in [2.45, 2.75) is 11.8 Å². The molecule has 170 valence electrons. The minimum absolute atomic E-state index is 0.0341. The first-order valence-electron chi connectivity index (χ1n) is 9.76. The van der Waals surface area contributed by atoms with Crippen LogP contribution in [0.25, 0.3) is 5.82 Å². The highest BCUT2D eigenvalue weighted by Crippen LogP contribution is 2.30. The summed E-state index contributed by atoms with van der Waals surface area (Å²) in [5.41, 5.74) is 0.351. The highest BCUT2D eigenvalue weighted by Gasteiger charge is 2.21. The molecule has 0 saturated carbocycles. The molecule has 0 aliphatic carbocycles. The first-order valence-corrected chi connectivity index (χ1v) is 11.2. The number of anilines is 1. The molecule has 4 rings (SSSR count). The normalized spacial score (nSPS) is 11.1. The number of hydrogen-bond donors (Lipinski definition) is 1. The zero-order chi connectivity index (χ0) is 23.4. The van der Waals surface area contributed by atoms with E-state index in [1.54, 1.807) is 59.4 Å². The second-order valence-corrected chi connectivity index (χ2v) is 8.47. The van der Waals surface area contributed by atoms with Crippen molar-refractivity contribution in [2.75, 3.05) is 18.9 Å². The molecule has 0 aliphatic rings. The van der Waals surface area contributed by atoms with E-state index in [2.05, 4.69) is 19.9 Å². The molecule has 0 spiro atoms. The Morgan fingerprint density at radius 2 is 1.67 bits per heavy atom. The zero-order valence-electron chi connectivity index (χ0n) is 18.1. The van der Waals surface area contributed by atoms with Crippen LogP contribution in [0.5, 0.6) is 23.1 Å². The van der Waals surface area contributed by atoms with E-state index in [4.69, 9.17) is 14.2 Å². The van der Waals surface area contributed by atoms with E-state index < -0.39 is 10.0 Å². The fourth-order valence-electron chi connectivity index (χ4n) is 3.03. The van der Waals surface area contributed by atoms with Gasteiger partial charge in [0.1, 0.15) is 28.0 Å². The lowest BCUT2D eigenvalue weighted by Gasteiger charge is -2.13. The lowest BCUT2D eigenvalue weighted by molar-refractivity contribution is 0.392. The molecule has 2 heterocycles. The number of benzene rings is 2. The predicted molar refractivity (Wildman–Crippen MR) is 121 cm³/mol. The highest BCUT2D eigenvalue weighted by molar-refractivity contribution is 7.92. The lowest BCUT2D eigenvalue weighted by atomic mass is 10.3. The third kappa shape index (κ3) is 4.88. The molecule has 33 heavy (non-hydrogen) atoms. The summed E-state index contributed by atoms with van der Waals surface area (Å²) in [5, 5.41) is 8.21. The Kier molecular flexibility index (Phi) is 6.13. The molecule has 1 N–H and O–H groups in total. The number of rotatable bonds is 8. The average molecular weight is 468 g/mol. The Balaban J connectivity index is 1.47. The van der Waals surface area contributed by atoms with Crippen LogP contribution in [-0.2, 0) is 10.0 Å². The summed E-state index contributed by atoms with van der Waals surface area (Å²) in [6.45, 7) is 1.87. The van der Waals surface area contributed by atoms with Crippen LogP contribution in [0.2, 0.25) is 0 Å². The SMILES string of the molecule is COc1ccc(OC)c(S(=O)(=O)Nc2ccc(Oc3ccc(-n4ccnc4C)nn3)cc2)c1. The number of imidazole rings is 1. The molecular formula is C22H21N5O5S. The van der Waals surface area contributed by atoms with Gasteiger partial charge in [0.2, 0.25) is 5.88 Å². The Morgan fingerprint density at radius 3 is 2.27 bits per heavy atom. The van der Waals surface area contributed by atoms with Gasteiger partial charge in [-0.05, 0) is 49.4 Å². The van der Waals surface area contributed by atoms with Crippen molar-refractivity contribution in [3.05, 3.63) is 72.8 Å². The van der Waals surface area contributed by atoms with E-state index in [0.29, 0.717) is 28.9 Å². The van der Waals surface area contributed by atoms with Crippen molar-refractivity contribution in [3.8, 4) is 28.9 Å². The second kappa shape index (κ2) is 9.17. The van der Waals surface area contributed by atoms with Gasteiger partial charge in [-0.3, -0.25) is 9.29 Å². The van der Waals surface area contributed by atoms with Crippen molar-refractivity contribution < 1.29 is 22.6 Å². The number of sulfonamides is 1. The van der Waals surface area contributed by atoms with Crippen LogP contribution in [0.1, 0.15) is 5.82 Å². The summed E-state index contributed by atoms with van der Waals surface area (Å²) < 4.78 is 46.1. The Hall–Kier alpha value is -4.12. The van der Waals surface area contributed by atoms with E-state index in [1.165, 1.54) is 26.4 Å². The maximum absolute atomic E-state index is 12.9. The van der Waals surface area contributed by atoms with Gasteiger partial charge in [-0.15, -0.1) is 10.2 Å². The monoisotopic (exact) mass is 467 g/mol. The van der Waals surface area contributed by atoms with Crippen molar-refractivity contribution in [1.29, 1.82) is 0 Å². The first-order chi connectivity index (χ1) is 15.9. The molecule has 10 nitrogen and oxygen atoms in total. The summed E-state index contributed by atoms with van der Waals surface area (Å²) in [6, 6.07) is 14.4. The third-order valence-electron chi connectivity index (χ3n) is 4.69. The maximum atomic E-state index is 12.9. The molecule has 0 amide bonds. The number of ether oxygens (including phenoxy) is 3. The van der Waals surface area contributed by atoms with Crippen LogP contribution in [0.3, 0.4) is 0 Å². The van der Waals surface area contributed by atoms with Crippen LogP contribution < -0.4 is 18.9 Å². The van der Waals surface area contributed by atoms with Gasteiger partial charge in [0.15, 0.2) is 5.82 Å². The number of nitrogens with one attached hydrogen (secondary N) is 1. The molecule has 0 atom stereocenters. The molecule has 0 unspecified atom stereocenters. The predicted octanol–water partition coefficient (Wildman–Crippen LogP) is 3.58. The van der Waals surface area contributed by atoms with Crippen molar-refractivity contribution >= 4 is 15.7 Å². The van der Waals surface area contributed by atoms with Crippen LogP contribution in [0.15, 0.2) is 71.9 Å². The molecule has 4 aromatic rings. The third-order valence-corrected chi connectivity index (χ3v) is 6.09. The number of methoxy groups -OCH3 is 2. The fourth-order valence-corrected chi connectivity index (χ4v) is 4.28. The van der Waals surface area contributed by atoms with Gasteiger partial charge in [0.25, 0.3) is 10.0 Å². The average Bonchev–Trinajstić information content (AvgIpc) is 3.26. The molecule has 0 bridgehead atoms. The topological polar surface area (TPSA) is 117 Å². The van der Waals surface area contributed by atoms with E-state index in [-0.39, 0.29) is 10.6 Å². The van der Waals surface area contributed by atoms with Crippen LogP contribution in [0, 0.1) is 6.92 Å². The van der Waals surface area contributed by atoms with Gasteiger partial charge in [0.05, 0.1) is 14.2 Å². The number of nitrogens with zero attached hydrogens (tertiary/aromatic N) is 4. The van der Waals surface area contributed by atoms with Gasteiger partial charge < -0.3 is 14.2 Å². The molecule has 11 heteroatoms. The molecule has 0 saturated heterocycles. The van der Waals surface area contributed by atoms with E-state index in [1.807, 2.05) is 6.92 Å². The minimum Gasteiger partial charge on any atom is -0.497 e. The van der Waals surface area contributed by atoms with Gasteiger partial charge in [0, 0.05) is 30.2 Å². The lowest BCUT2D eigenvalue weighted by Crippen LogP contribution is -2.14. The van der Waals surface area contributed by atoms with Crippen LogP contribution >= 0.6 is 0 Å². The van der Waals surface area contributed by atoms with Gasteiger partial charge in [-0.2, -0.15) is 0 Å². The molecule has 0 fully saturated rings. The minimum atomic E-state index is -3.92. The zero-order valence-corrected chi connectivity index (χ0v) is 18.9. The Labute approximate surface area is 190 Å². The molecule has 2 aromatic carbocycles. The van der Waals surface area contributed by atoms with Crippen LogP contribution in [-0.4, -0.2) is 42.4 Å². The summed E-state index contributed by atoms with van der Waals surface area (Å²) in [6.07, 6.45) is 3.47. The smallest absolute Gasteiger partial charge is 0.265 e. The highest BCUT2D eigenvalue weighted by atomic mass is 32.2. The van der Waals surface area contributed by atoms with Crippen molar-refractivity contribution in [3.63, 3.8) is 0 Å². The maximum Gasteiger partial charge on any atom is 0.265 e. The summed E-state index contributed by atoms with van der Waals surface area (Å²) in [4.78, 5) is 4.12. The Bertz CT molecular complexity index is 1350. The van der Waals surface area contributed by atoms with Crippen LogP contribution in [0.4, 0.5) is 5.69 Å². The van der Waals surface area contributed by atoms with E-state index in [0.717, 1.165) is 5.82 Å². The number of aryl methyl sites for hydroxylation is 1. The van der Waals surface area contributed by atoms with E-state index in [9.17, 15) is 8.42 Å². The van der Waals surface area contributed by atoms with Gasteiger partial charge >= 0.3 is 0 Å². The standard InChI is InChI=1S/C22H21N5O5S/c1-15-23-12-13-27(15)21-10-11-22(25-24-21)32-17-6-4-16(5-7-17)26-33(28,29)20-14-18(30-2)8-9-19(20)31-3/h4-14,26H,1-3H3. The molecule has 2 aromatic heterocycles. The number of aromatic nitrogens is 4. The number of hydrogen-bond acceptors (Lipinski definition) is 8. The fraction of sp³-hybridized carbons (Fsp3) is 0.136. The van der Waals surface area contributed by atoms with Gasteiger partial charge in [-0.1, -0.05) is 0 Å². The first kappa shape index (κ1) is 22.1.